The minimum Gasteiger partial charge on any atom is -0.481 e. The summed E-state index contributed by atoms with van der Waals surface area (Å²) >= 11 is 0. The molecule has 6 heteroatoms. The van der Waals surface area contributed by atoms with Crippen molar-refractivity contribution in [1.82, 2.24) is 0 Å². The molecule has 6 nitrogen and oxygen atoms in total. The van der Waals surface area contributed by atoms with E-state index in [0.717, 1.165) is 24.8 Å². The number of hydrogen-bond donors (Lipinski definition) is 5. The minimum atomic E-state index is -1.20. The second-order valence-corrected chi connectivity index (χ2v) is 14.9. The molecule has 12 atom stereocenters. The Bertz CT molecular complexity index is 986. The SMILES string of the molecule is C[C@H]1CC[C@]2(C(=O)O)CC[C@@]3(C)C(=CC[C@@H]4[C@@]5(C)[C@H](CC[C@]43C)C(C)(C)[C@H](O)[C@@H](O)[C@@H]5O)[C@H]2[C@@]1(C)O. The average molecular weight is 505 g/mol. The Morgan fingerprint density at radius 1 is 0.889 bits per heavy atom. The van der Waals surface area contributed by atoms with Crippen LogP contribution in [0.2, 0.25) is 0 Å². The fourth-order valence-electron chi connectivity index (χ4n) is 10.9. The molecule has 0 aromatic rings. The maximum absolute atomic E-state index is 12.8. The number of allylic oxidation sites excluding steroid dienone is 1. The lowest BCUT2D eigenvalue weighted by Gasteiger charge is -2.72. The zero-order valence-electron chi connectivity index (χ0n) is 23.2. The third-order valence-electron chi connectivity index (χ3n) is 13.6. The van der Waals surface area contributed by atoms with E-state index in [1.807, 2.05) is 27.7 Å². The zero-order valence-corrected chi connectivity index (χ0v) is 23.2. The molecule has 5 rings (SSSR count). The summed E-state index contributed by atoms with van der Waals surface area (Å²) in [6, 6.07) is 0. The monoisotopic (exact) mass is 504 g/mol. The van der Waals surface area contributed by atoms with Crippen LogP contribution in [-0.4, -0.2) is 55.4 Å². The molecule has 0 aromatic carbocycles. The molecule has 4 saturated carbocycles. The molecule has 0 aliphatic heterocycles. The Hall–Kier alpha value is -0.950. The number of carbonyl (C=O) groups is 1. The van der Waals surface area contributed by atoms with Crippen molar-refractivity contribution in [2.75, 3.05) is 0 Å². The highest BCUT2D eigenvalue weighted by Crippen LogP contribution is 2.76. The van der Waals surface area contributed by atoms with E-state index in [-0.39, 0.29) is 28.6 Å². The molecular formula is C30H48O6. The molecule has 0 amide bonds. The van der Waals surface area contributed by atoms with Gasteiger partial charge in [0.15, 0.2) is 0 Å². The van der Waals surface area contributed by atoms with Gasteiger partial charge in [-0.1, -0.05) is 53.2 Å². The molecule has 36 heavy (non-hydrogen) atoms. The summed E-state index contributed by atoms with van der Waals surface area (Å²) in [6.45, 7) is 14.7. The average Bonchev–Trinajstić information content (AvgIpc) is 2.79. The van der Waals surface area contributed by atoms with Gasteiger partial charge in [0.1, 0.15) is 6.10 Å². The second-order valence-electron chi connectivity index (χ2n) is 14.9. The van der Waals surface area contributed by atoms with Crippen LogP contribution in [0.4, 0.5) is 0 Å². The van der Waals surface area contributed by atoms with E-state index in [1.54, 1.807) is 0 Å². The lowest BCUT2D eigenvalue weighted by atomic mass is 9.32. The van der Waals surface area contributed by atoms with Crippen LogP contribution in [0.15, 0.2) is 11.6 Å². The van der Waals surface area contributed by atoms with Crippen LogP contribution in [0.5, 0.6) is 0 Å². The van der Waals surface area contributed by atoms with Crippen LogP contribution in [0.1, 0.15) is 93.4 Å². The van der Waals surface area contributed by atoms with Gasteiger partial charge in [-0.2, -0.15) is 0 Å². The number of aliphatic hydroxyl groups excluding tert-OH is 3. The summed E-state index contributed by atoms with van der Waals surface area (Å²) in [7, 11) is 0. The summed E-state index contributed by atoms with van der Waals surface area (Å²) < 4.78 is 0. The van der Waals surface area contributed by atoms with Crippen LogP contribution < -0.4 is 0 Å². The predicted octanol–water partition coefficient (Wildman–Crippen LogP) is 4.15. The van der Waals surface area contributed by atoms with E-state index < -0.39 is 52.0 Å². The largest absolute Gasteiger partial charge is 0.481 e. The maximum Gasteiger partial charge on any atom is 0.310 e. The highest BCUT2D eigenvalue weighted by Gasteiger charge is 2.73. The van der Waals surface area contributed by atoms with Gasteiger partial charge in [-0.05, 0) is 85.9 Å². The Morgan fingerprint density at radius 3 is 2.14 bits per heavy atom. The van der Waals surface area contributed by atoms with Gasteiger partial charge in [0, 0.05) is 11.3 Å². The van der Waals surface area contributed by atoms with Gasteiger partial charge in [-0.3, -0.25) is 4.79 Å². The van der Waals surface area contributed by atoms with Crippen LogP contribution in [0, 0.1) is 50.7 Å². The number of fused-ring (bicyclic) bond motifs is 7. The van der Waals surface area contributed by atoms with Crippen molar-refractivity contribution >= 4 is 5.97 Å². The quantitative estimate of drug-likeness (QED) is 0.343. The lowest BCUT2D eigenvalue weighted by Crippen LogP contribution is -2.72. The van der Waals surface area contributed by atoms with Crippen molar-refractivity contribution in [3.8, 4) is 0 Å². The van der Waals surface area contributed by atoms with Gasteiger partial charge in [-0.25, -0.2) is 0 Å². The molecule has 0 spiro atoms. The van der Waals surface area contributed by atoms with E-state index >= 15 is 0 Å². The van der Waals surface area contributed by atoms with E-state index in [2.05, 4.69) is 26.8 Å². The zero-order chi connectivity index (χ0) is 26.9. The van der Waals surface area contributed by atoms with Crippen molar-refractivity contribution in [2.24, 2.45) is 50.7 Å². The number of rotatable bonds is 1. The normalized spacial score (nSPS) is 58.0. The number of carboxylic acid groups (broad SMARTS) is 1. The van der Waals surface area contributed by atoms with Gasteiger partial charge in [0.05, 0.1) is 23.2 Å². The summed E-state index contributed by atoms with van der Waals surface area (Å²) in [4.78, 5) is 12.8. The van der Waals surface area contributed by atoms with Crippen molar-refractivity contribution in [2.45, 2.75) is 117 Å². The summed E-state index contributed by atoms with van der Waals surface area (Å²) in [5.74, 6) is -1.10. The predicted molar refractivity (Wildman–Crippen MR) is 137 cm³/mol. The first-order valence-electron chi connectivity index (χ1n) is 14.1. The molecule has 4 fully saturated rings. The van der Waals surface area contributed by atoms with Gasteiger partial charge in [0.2, 0.25) is 0 Å². The van der Waals surface area contributed by atoms with E-state index in [4.69, 9.17) is 0 Å². The van der Waals surface area contributed by atoms with Gasteiger partial charge in [0.25, 0.3) is 0 Å². The van der Waals surface area contributed by atoms with Crippen LogP contribution in [0.3, 0.4) is 0 Å². The van der Waals surface area contributed by atoms with Crippen LogP contribution in [0.25, 0.3) is 0 Å². The van der Waals surface area contributed by atoms with Crippen LogP contribution in [-0.2, 0) is 4.79 Å². The fourth-order valence-corrected chi connectivity index (χ4v) is 10.9. The lowest BCUT2D eigenvalue weighted by molar-refractivity contribution is -0.279. The number of carboxylic acids is 1. The first-order chi connectivity index (χ1) is 16.4. The molecule has 5 aliphatic carbocycles. The van der Waals surface area contributed by atoms with Gasteiger partial charge < -0.3 is 25.5 Å². The number of aliphatic carboxylic acids is 1. The van der Waals surface area contributed by atoms with Crippen molar-refractivity contribution in [3.63, 3.8) is 0 Å². The molecule has 0 radical (unpaired) electrons. The first kappa shape index (κ1) is 26.6. The molecule has 5 aliphatic rings. The Kier molecular flexibility index (Phi) is 5.61. The standard InChI is InChI=1S/C30H48O6/c1-16-10-13-30(24(34)35)15-14-26(4)17(21(30)29(16,7)36)8-9-19-27(26,5)12-11-18-25(2,3)22(32)20(31)23(33)28(18,19)6/h8,16,18-23,31-33,36H,9-15H2,1-7H3,(H,34,35)/t16-,18+,19-,20+,21-,22+,23-,26-,27+,28+,29-,30-/m0/s1. The molecule has 0 bridgehead atoms. The molecular weight excluding hydrogens is 456 g/mol. The third-order valence-corrected chi connectivity index (χ3v) is 13.6. The Morgan fingerprint density at radius 2 is 1.53 bits per heavy atom. The maximum atomic E-state index is 12.8. The minimum absolute atomic E-state index is 0.00890. The van der Waals surface area contributed by atoms with Gasteiger partial charge in [-0.15, -0.1) is 0 Å². The van der Waals surface area contributed by atoms with Crippen molar-refractivity contribution in [3.05, 3.63) is 11.6 Å². The summed E-state index contributed by atoms with van der Waals surface area (Å²) in [6.07, 6.45) is 4.02. The Balaban J connectivity index is 1.67. The van der Waals surface area contributed by atoms with E-state index in [0.29, 0.717) is 25.7 Å². The highest BCUT2D eigenvalue weighted by atomic mass is 16.4. The molecule has 5 N–H and O–H groups in total. The smallest absolute Gasteiger partial charge is 0.310 e. The van der Waals surface area contributed by atoms with Crippen molar-refractivity contribution < 1.29 is 30.3 Å². The number of aliphatic hydroxyl groups is 4. The summed E-state index contributed by atoms with van der Waals surface area (Å²) in [5.41, 5.74) is -2.63. The summed E-state index contributed by atoms with van der Waals surface area (Å²) in [5, 5.41) is 55.9. The topological polar surface area (TPSA) is 118 Å². The second kappa shape index (κ2) is 7.58. The Labute approximate surface area is 216 Å². The fraction of sp³-hybridized carbons (Fsp3) is 0.900. The first-order valence-corrected chi connectivity index (χ1v) is 14.1. The number of hydrogen-bond acceptors (Lipinski definition) is 5. The van der Waals surface area contributed by atoms with E-state index in [1.165, 1.54) is 0 Å². The van der Waals surface area contributed by atoms with Gasteiger partial charge >= 0.3 is 5.97 Å². The highest BCUT2D eigenvalue weighted by molar-refractivity contribution is 5.77. The third kappa shape index (κ3) is 2.80. The molecule has 204 valence electrons. The molecule has 0 unspecified atom stereocenters. The van der Waals surface area contributed by atoms with Crippen LogP contribution >= 0.6 is 0 Å². The van der Waals surface area contributed by atoms with Crippen molar-refractivity contribution in [1.29, 1.82) is 0 Å². The molecule has 0 aromatic heterocycles. The van der Waals surface area contributed by atoms with E-state index in [9.17, 15) is 30.3 Å². The molecule has 0 saturated heterocycles. The molecule has 0 heterocycles.